The highest BCUT2D eigenvalue weighted by molar-refractivity contribution is 6.08. The molecule has 5 nitrogen and oxygen atoms in total. The predicted molar refractivity (Wildman–Crippen MR) is 26.9 cm³/mol. The maximum absolute atomic E-state index is 10.3. The van der Waals surface area contributed by atoms with Gasteiger partial charge in [-0.25, -0.2) is 4.79 Å². The summed E-state index contributed by atoms with van der Waals surface area (Å²) in [5.74, 6) is 0.625. The maximum atomic E-state index is 10.3. The molecular formula is C4HN3O2. The van der Waals surface area contributed by atoms with Crippen LogP contribution in [-0.4, -0.2) is 11.9 Å². The number of carbonyl (C=O) groups excluding carboxylic acids is 1. The number of fused-ring (bicyclic) bond motifs is 1. The van der Waals surface area contributed by atoms with Crippen molar-refractivity contribution >= 4 is 11.9 Å². The van der Waals surface area contributed by atoms with Crippen molar-refractivity contribution in [3.8, 4) is 0 Å². The van der Waals surface area contributed by atoms with Crippen LogP contribution in [-0.2, 0) is 4.74 Å². The van der Waals surface area contributed by atoms with Gasteiger partial charge in [0.1, 0.15) is 0 Å². The van der Waals surface area contributed by atoms with E-state index in [1.54, 1.807) is 0 Å². The molecule has 0 atom stereocenters. The molecule has 44 valence electrons. The molecule has 0 fully saturated rings. The standard InChI is InChI=1S/C4HN3O2/c8-4-6-3-2(9-4)1-5-7-3/h1H. The van der Waals surface area contributed by atoms with E-state index in [1.165, 1.54) is 6.20 Å². The maximum Gasteiger partial charge on any atom is 0.441 e. The molecule has 0 aromatic rings. The van der Waals surface area contributed by atoms with Crippen LogP contribution in [0, 0.1) is 0 Å². The van der Waals surface area contributed by atoms with Gasteiger partial charge in [-0.1, -0.05) is 0 Å². The molecule has 2 rings (SSSR count). The third kappa shape index (κ3) is 0.479. The van der Waals surface area contributed by atoms with Gasteiger partial charge in [0.15, 0.2) is 5.76 Å². The van der Waals surface area contributed by atoms with E-state index in [4.69, 9.17) is 0 Å². The molecule has 0 bridgehead atoms. The summed E-state index contributed by atoms with van der Waals surface area (Å²) >= 11 is 0. The number of aliphatic imine (C=N–C) groups is 1. The van der Waals surface area contributed by atoms with E-state index in [2.05, 4.69) is 20.0 Å². The smallest absolute Gasteiger partial charge is 0.403 e. The summed E-state index contributed by atoms with van der Waals surface area (Å²) in [5.41, 5.74) is 0. The van der Waals surface area contributed by atoms with Crippen LogP contribution in [0.5, 0.6) is 0 Å². The number of ether oxygens (including phenoxy) is 1. The molecule has 0 aromatic carbocycles. The van der Waals surface area contributed by atoms with Gasteiger partial charge >= 0.3 is 6.09 Å². The Bertz CT molecular complexity index is 263. The number of amidine groups is 1. The van der Waals surface area contributed by atoms with Crippen molar-refractivity contribution in [3.05, 3.63) is 12.0 Å². The zero-order valence-electron chi connectivity index (χ0n) is 4.24. The number of nitrogens with zero attached hydrogens (tertiary/aromatic N) is 3. The SMILES string of the molecule is O=C1N=C2N=NC=C2O1. The van der Waals surface area contributed by atoms with Crippen LogP contribution < -0.4 is 0 Å². The highest BCUT2D eigenvalue weighted by Gasteiger charge is 2.24. The van der Waals surface area contributed by atoms with Crippen molar-refractivity contribution < 1.29 is 9.53 Å². The first-order valence-electron chi connectivity index (χ1n) is 2.28. The molecular weight excluding hydrogens is 122 g/mol. The van der Waals surface area contributed by atoms with E-state index in [0.29, 0.717) is 5.76 Å². The highest BCUT2D eigenvalue weighted by Crippen LogP contribution is 2.17. The largest absolute Gasteiger partial charge is 0.441 e. The second-order valence-corrected chi connectivity index (χ2v) is 1.51. The van der Waals surface area contributed by atoms with Gasteiger partial charge in [0, 0.05) is 0 Å². The van der Waals surface area contributed by atoms with Gasteiger partial charge < -0.3 is 4.74 Å². The summed E-state index contributed by atoms with van der Waals surface area (Å²) in [6, 6.07) is 0. The lowest BCUT2D eigenvalue weighted by atomic mass is 10.5. The minimum Gasteiger partial charge on any atom is -0.403 e. The molecule has 0 aliphatic carbocycles. The lowest BCUT2D eigenvalue weighted by molar-refractivity contribution is 0.197. The predicted octanol–water partition coefficient (Wildman–Crippen LogP) is 0.842. The minimum atomic E-state index is -0.616. The van der Waals surface area contributed by atoms with Crippen LogP contribution in [0.25, 0.3) is 0 Å². The van der Waals surface area contributed by atoms with Gasteiger partial charge in [0.2, 0.25) is 5.84 Å². The molecule has 0 radical (unpaired) electrons. The van der Waals surface area contributed by atoms with Crippen LogP contribution in [0.2, 0.25) is 0 Å². The van der Waals surface area contributed by atoms with Crippen molar-refractivity contribution in [1.82, 2.24) is 0 Å². The van der Waals surface area contributed by atoms with Gasteiger partial charge in [-0.3, -0.25) is 0 Å². The van der Waals surface area contributed by atoms with E-state index in [9.17, 15) is 4.79 Å². The number of carbonyl (C=O) groups is 1. The number of rotatable bonds is 0. The molecule has 0 spiro atoms. The van der Waals surface area contributed by atoms with Gasteiger partial charge in [0.05, 0.1) is 6.20 Å². The molecule has 0 saturated carbocycles. The molecule has 2 heterocycles. The van der Waals surface area contributed by atoms with Crippen LogP contribution in [0.15, 0.2) is 27.2 Å². The Morgan fingerprint density at radius 1 is 1.56 bits per heavy atom. The average Bonchev–Trinajstić information content (AvgIpc) is 2.22. The Morgan fingerprint density at radius 2 is 2.44 bits per heavy atom. The zero-order chi connectivity index (χ0) is 6.27. The molecule has 0 saturated heterocycles. The van der Waals surface area contributed by atoms with Gasteiger partial charge in [0.25, 0.3) is 0 Å². The Kier molecular flexibility index (Phi) is 0.606. The summed E-state index contributed by atoms with van der Waals surface area (Å²) in [6.07, 6.45) is 0.735. The Balaban J connectivity index is 2.51. The molecule has 2 aliphatic rings. The fourth-order valence-electron chi connectivity index (χ4n) is 0.596. The number of amides is 1. The van der Waals surface area contributed by atoms with Gasteiger partial charge in [-0.05, 0) is 0 Å². The molecule has 0 aromatic heterocycles. The number of azo groups is 1. The van der Waals surface area contributed by atoms with E-state index in [1.807, 2.05) is 0 Å². The van der Waals surface area contributed by atoms with Gasteiger partial charge in [-0.15, -0.1) is 10.1 Å². The zero-order valence-corrected chi connectivity index (χ0v) is 4.24. The first-order chi connectivity index (χ1) is 4.36. The number of hydrogen-bond donors (Lipinski definition) is 0. The third-order valence-corrected chi connectivity index (χ3v) is 0.942. The second kappa shape index (κ2) is 1.25. The first kappa shape index (κ1) is 4.37. The lowest BCUT2D eigenvalue weighted by Crippen LogP contribution is -1.89. The summed E-state index contributed by atoms with van der Waals surface area (Å²) in [6.45, 7) is 0. The molecule has 0 N–H and O–H groups in total. The number of hydrogen-bond acceptors (Lipinski definition) is 4. The van der Waals surface area contributed by atoms with Crippen molar-refractivity contribution in [2.45, 2.75) is 0 Å². The Morgan fingerprint density at radius 3 is 3.22 bits per heavy atom. The van der Waals surface area contributed by atoms with E-state index < -0.39 is 6.09 Å². The quantitative estimate of drug-likeness (QED) is 0.479. The molecule has 9 heavy (non-hydrogen) atoms. The second-order valence-electron chi connectivity index (χ2n) is 1.51. The Hall–Kier alpha value is -1.52. The van der Waals surface area contributed by atoms with E-state index >= 15 is 0 Å². The van der Waals surface area contributed by atoms with E-state index in [-0.39, 0.29) is 5.84 Å². The van der Waals surface area contributed by atoms with E-state index in [0.717, 1.165) is 0 Å². The van der Waals surface area contributed by atoms with Crippen molar-refractivity contribution in [1.29, 1.82) is 0 Å². The molecule has 1 amide bonds. The monoisotopic (exact) mass is 123 g/mol. The highest BCUT2D eigenvalue weighted by atomic mass is 16.6. The fourth-order valence-corrected chi connectivity index (χ4v) is 0.596. The normalized spacial score (nSPS) is 21.1. The first-order valence-corrected chi connectivity index (χ1v) is 2.28. The van der Waals surface area contributed by atoms with Crippen molar-refractivity contribution in [3.63, 3.8) is 0 Å². The topological polar surface area (TPSA) is 63.4 Å². The van der Waals surface area contributed by atoms with Crippen LogP contribution in [0.3, 0.4) is 0 Å². The van der Waals surface area contributed by atoms with Crippen LogP contribution >= 0.6 is 0 Å². The minimum absolute atomic E-state index is 0.278. The van der Waals surface area contributed by atoms with Crippen LogP contribution in [0.4, 0.5) is 4.79 Å². The molecule has 5 heteroatoms. The van der Waals surface area contributed by atoms with Crippen LogP contribution in [0.1, 0.15) is 0 Å². The average molecular weight is 123 g/mol. The summed E-state index contributed by atoms with van der Waals surface area (Å²) in [5, 5.41) is 6.94. The van der Waals surface area contributed by atoms with Gasteiger partial charge in [-0.2, -0.15) is 5.11 Å². The summed E-state index contributed by atoms with van der Waals surface area (Å²) in [4.78, 5) is 13.7. The fraction of sp³-hybridized carbons (Fsp3) is 0. The Labute approximate surface area is 49.7 Å². The molecule has 2 aliphatic heterocycles. The molecule has 0 unspecified atom stereocenters. The lowest BCUT2D eigenvalue weighted by Gasteiger charge is -1.84. The summed E-state index contributed by atoms with van der Waals surface area (Å²) in [7, 11) is 0. The van der Waals surface area contributed by atoms with Crippen molar-refractivity contribution in [2.75, 3.05) is 0 Å². The van der Waals surface area contributed by atoms with Crippen molar-refractivity contribution in [2.24, 2.45) is 15.2 Å². The third-order valence-electron chi connectivity index (χ3n) is 0.942. The summed E-state index contributed by atoms with van der Waals surface area (Å²) < 4.78 is 4.52.